The van der Waals surface area contributed by atoms with Crippen LogP contribution in [0.1, 0.15) is 19.3 Å². The van der Waals surface area contributed by atoms with Gasteiger partial charge in [0.25, 0.3) is 0 Å². The van der Waals surface area contributed by atoms with Crippen LogP contribution in [0.4, 0.5) is 0 Å². The standard InChI is InChI=1S/C9H16N2O/c1-11-9(12)6-2-5-4-8(10)7(5)3-6/h5-8H,2-4,10H2,1H3,(H,11,12). The van der Waals surface area contributed by atoms with E-state index in [0.717, 1.165) is 25.2 Å². The van der Waals surface area contributed by atoms with Crippen molar-refractivity contribution in [1.82, 2.24) is 5.32 Å². The molecule has 4 atom stereocenters. The van der Waals surface area contributed by atoms with E-state index in [-0.39, 0.29) is 11.8 Å². The Hall–Kier alpha value is -0.570. The summed E-state index contributed by atoms with van der Waals surface area (Å²) in [4.78, 5) is 11.3. The zero-order valence-electron chi connectivity index (χ0n) is 7.42. The molecule has 0 aliphatic heterocycles. The second-order valence-electron chi connectivity index (χ2n) is 4.11. The number of nitrogens with two attached hydrogens (primary N) is 1. The van der Waals surface area contributed by atoms with Crippen LogP contribution in [0, 0.1) is 17.8 Å². The minimum absolute atomic E-state index is 0.205. The van der Waals surface area contributed by atoms with Crippen molar-refractivity contribution < 1.29 is 4.79 Å². The Morgan fingerprint density at radius 1 is 1.42 bits per heavy atom. The summed E-state index contributed by atoms with van der Waals surface area (Å²) in [6.07, 6.45) is 3.22. The van der Waals surface area contributed by atoms with Gasteiger partial charge < -0.3 is 11.1 Å². The van der Waals surface area contributed by atoms with Crippen LogP contribution in [-0.4, -0.2) is 19.0 Å². The van der Waals surface area contributed by atoms with Crippen molar-refractivity contribution >= 4 is 5.91 Å². The number of carbonyl (C=O) groups is 1. The van der Waals surface area contributed by atoms with E-state index in [1.54, 1.807) is 7.05 Å². The fourth-order valence-corrected chi connectivity index (χ4v) is 2.70. The molecule has 3 N–H and O–H groups in total. The highest BCUT2D eigenvalue weighted by Gasteiger charge is 2.47. The molecule has 2 aliphatic rings. The summed E-state index contributed by atoms with van der Waals surface area (Å²) >= 11 is 0. The third kappa shape index (κ3) is 1.04. The maximum Gasteiger partial charge on any atom is 0.222 e. The zero-order valence-corrected chi connectivity index (χ0v) is 7.42. The first-order chi connectivity index (χ1) is 5.72. The average Bonchev–Trinajstić information content (AvgIpc) is 2.41. The van der Waals surface area contributed by atoms with Crippen molar-refractivity contribution in [3.05, 3.63) is 0 Å². The van der Waals surface area contributed by atoms with Crippen LogP contribution < -0.4 is 11.1 Å². The first kappa shape index (κ1) is 8.05. The van der Waals surface area contributed by atoms with E-state index in [0.29, 0.717) is 12.0 Å². The average molecular weight is 168 g/mol. The fraction of sp³-hybridized carbons (Fsp3) is 0.889. The normalized spacial score (nSPS) is 44.8. The molecule has 2 rings (SSSR count). The summed E-state index contributed by atoms with van der Waals surface area (Å²) in [5.74, 6) is 1.85. The quantitative estimate of drug-likeness (QED) is 0.583. The lowest BCUT2D eigenvalue weighted by atomic mass is 9.72. The monoisotopic (exact) mass is 168 g/mol. The molecule has 0 aromatic heterocycles. The second kappa shape index (κ2) is 2.73. The predicted molar refractivity (Wildman–Crippen MR) is 46.4 cm³/mol. The lowest BCUT2D eigenvalue weighted by Gasteiger charge is -2.37. The molecule has 2 saturated carbocycles. The van der Waals surface area contributed by atoms with Crippen LogP contribution in [0.5, 0.6) is 0 Å². The molecule has 3 heteroatoms. The molecule has 0 bridgehead atoms. The topological polar surface area (TPSA) is 55.1 Å². The lowest BCUT2D eigenvalue weighted by molar-refractivity contribution is -0.124. The molecule has 4 unspecified atom stereocenters. The minimum atomic E-state index is 0.205. The third-order valence-corrected chi connectivity index (χ3v) is 3.49. The van der Waals surface area contributed by atoms with Gasteiger partial charge in [0.1, 0.15) is 0 Å². The Bertz CT molecular complexity index is 205. The smallest absolute Gasteiger partial charge is 0.222 e. The molecule has 12 heavy (non-hydrogen) atoms. The van der Waals surface area contributed by atoms with E-state index in [4.69, 9.17) is 5.73 Å². The summed E-state index contributed by atoms with van der Waals surface area (Å²) < 4.78 is 0. The molecule has 0 aromatic rings. The van der Waals surface area contributed by atoms with Gasteiger partial charge in [0.05, 0.1) is 0 Å². The Morgan fingerprint density at radius 2 is 2.17 bits per heavy atom. The van der Waals surface area contributed by atoms with Gasteiger partial charge in [-0.15, -0.1) is 0 Å². The Balaban J connectivity index is 1.94. The van der Waals surface area contributed by atoms with Gasteiger partial charge in [0, 0.05) is 19.0 Å². The van der Waals surface area contributed by atoms with Crippen molar-refractivity contribution in [2.45, 2.75) is 25.3 Å². The Kier molecular flexibility index (Phi) is 1.83. The van der Waals surface area contributed by atoms with Crippen LogP contribution in [-0.2, 0) is 4.79 Å². The van der Waals surface area contributed by atoms with Gasteiger partial charge in [0.2, 0.25) is 5.91 Å². The number of hydrogen-bond donors (Lipinski definition) is 2. The molecule has 0 saturated heterocycles. The van der Waals surface area contributed by atoms with Crippen molar-refractivity contribution in [2.24, 2.45) is 23.5 Å². The van der Waals surface area contributed by atoms with Crippen molar-refractivity contribution in [3.63, 3.8) is 0 Å². The van der Waals surface area contributed by atoms with E-state index in [2.05, 4.69) is 5.32 Å². The van der Waals surface area contributed by atoms with Crippen LogP contribution in [0.2, 0.25) is 0 Å². The number of carbonyl (C=O) groups excluding carboxylic acids is 1. The van der Waals surface area contributed by atoms with E-state index in [1.807, 2.05) is 0 Å². The molecule has 1 amide bonds. The Morgan fingerprint density at radius 3 is 2.67 bits per heavy atom. The summed E-state index contributed by atoms with van der Waals surface area (Å²) in [5, 5.41) is 2.71. The summed E-state index contributed by atoms with van der Waals surface area (Å²) in [7, 11) is 1.71. The summed E-state index contributed by atoms with van der Waals surface area (Å²) in [5.41, 5.74) is 5.84. The van der Waals surface area contributed by atoms with E-state index >= 15 is 0 Å². The number of nitrogens with one attached hydrogen (secondary N) is 1. The molecule has 0 aromatic carbocycles. The molecular formula is C9H16N2O. The van der Waals surface area contributed by atoms with Gasteiger partial charge in [0.15, 0.2) is 0 Å². The minimum Gasteiger partial charge on any atom is -0.359 e. The van der Waals surface area contributed by atoms with Crippen molar-refractivity contribution in [3.8, 4) is 0 Å². The third-order valence-electron chi connectivity index (χ3n) is 3.49. The number of amides is 1. The van der Waals surface area contributed by atoms with E-state index < -0.39 is 0 Å². The lowest BCUT2D eigenvalue weighted by Crippen LogP contribution is -2.44. The first-order valence-corrected chi connectivity index (χ1v) is 4.69. The zero-order chi connectivity index (χ0) is 8.72. The molecule has 2 fully saturated rings. The maximum absolute atomic E-state index is 11.3. The van der Waals surface area contributed by atoms with Gasteiger partial charge in [-0.1, -0.05) is 0 Å². The maximum atomic E-state index is 11.3. The molecule has 0 heterocycles. The number of rotatable bonds is 1. The highest BCUT2D eigenvalue weighted by atomic mass is 16.1. The van der Waals surface area contributed by atoms with Gasteiger partial charge in [-0.25, -0.2) is 0 Å². The highest BCUT2D eigenvalue weighted by molar-refractivity contribution is 5.78. The largest absolute Gasteiger partial charge is 0.359 e. The van der Waals surface area contributed by atoms with Crippen LogP contribution in [0.15, 0.2) is 0 Å². The first-order valence-electron chi connectivity index (χ1n) is 4.69. The molecule has 68 valence electrons. The van der Waals surface area contributed by atoms with Crippen LogP contribution in [0.25, 0.3) is 0 Å². The van der Waals surface area contributed by atoms with E-state index in [9.17, 15) is 4.79 Å². The second-order valence-corrected chi connectivity index (χ2v) is 4.11. The summed E-state index contributed by atoms with van der Waals surface area (Å²) in [6.45, 7) is 0. The number of hydrogen-bond acceptors (Lipinski definition) is 2. The molecule has 0 radical (unpaired) electrons. The van der Waals surface area contributed by atoms with Gasteiger partial charge in [-0.2, -0.15) is 0 Å². The molecule has 2 aliphatic carbocycles. The molecular weight excluding hydrogens is 152 g/mol. The Labute approximate surface area is 72.7 Å². The van der Waals surface area contributed by atoms with Crippen LogP contribution >= 0.6 is 0 Å². The van der Waals surface area contributed by atoms with Crippen molar-refractivity contribution in [2.75, 3.05) is 7.05 Å². The highest BCUT2D eigenvalue weighted by Crippen LogP contribution is 2.48. The predicted octanol–water partition coefficient (Wildman–Crippen LogP) is 0.106. The van der Waals surface area contributed by atoms with Crippen LogP contribution in [0.3, 0.4) is 0 Å². The SMILES string of the molecule is CNC(=O)C1CC2CC(N)C2C1. The van der Waals surface area contributed by atoms with E-state index in [1.165, 1.54) is 0 Å². The van der Waals surface area contributed by atoms with Crippen molar-refractivity contribution in [1.29, 1.82) is 0 Å². The van der Waals surface area contributed by atoms with Gasteiger partial charge in [-0.3, -0.25) is 4.79 Å². The van der Waals surface area contributed by atoms with Gasteiger partial charge in [-0.05, 0) is 31.1 Å². The molecule has 0 spiro atoms. The number of fused-ring (bicyclic) bond motifs is 1. The fourth-order valence-electron chi connectivity index (χ4n) is 2.70. The van der Waals surface area contributed by atoms with Gasteiger partial charge >= 0.3 is 0 Å². The molecule has 3 nitrogen and oxygen atoms in total. The summed E-state index contributed by atoms with van der Waals surface area (Å²) in [6, 6.07) is 0.379.